The highest BCUT2D eigenvalue weighted by atomic mass is 16.5. The molecule has 0 saturated heterocycles. The highest BCUT2D eigenvalue weighted by molar-refractivity contribution is 5.99. The zero-order chi connectivity index (χ0) is 21.2. The predicted octanol–water partition coefficient (Wildman–Crippen LogP) is 5.21. The van der Waals surface area contributed by atoms with E-state index in [1.807, 2.05) is 55.0 Å². The minimum atomic E-state index is -0.240. The second-order valence-corrected chi connectivity index (χ2v) is 7.74. The van der Waals surface area contributed by atoms with Gasteiger partial charge in [-0.2, -0.15) is 0 Å². The first-order valence-corrected chi connectivity index (χ1v) is 10.3. The van der Waals surface area contributed by atoms with Crippen molar-refractivity contribution in [2.24, 2.45) is 5.92 Å². The molecular weight excluding hydrogens is 388 g/mol. The molecule has 31 heavy (non-hydrogen) atoms. The van der Waals surface area contributed by atoms with E-state index in [0.717, 1.165) is 39.9 Å². The number of aromatic nitrogens is 3. The fourth-order valence-electron chi connectivity index (χ4n) is 3.48. The molecule has 154 valence electrons. The van der Waals surface area contributed by atoms with Crippen LogP contribution in [0.2, 0.25) is 0 Å². The fraction of sp³-hybridized carbons (Fsp3) is 0.160. The van der Waals surface area contributed by atoms with Gasteiger partial charge in [0.25, 0.3) is 0 Å². The largest absolute Gasteiger partial charge is 0.477 e. The maximum Gasteiger partial charge on any atom is 0.247 e. The first-order valence-electron chi connectivity index (χ1n) is 10.3. The number of hydrogen-bond acceptors (Lipinski definition) is 4. The number of ether oxygens (including phenoxy) is 1. The second kappa shape index (κ2) is 8.07. The Morgan fingerprint density at radius 3 is 2.77 bits per heavy atom. The summed E-state index contributed by atoms with van der Waals surface area (Å²) >= 11 is 0. The van der Waals surface area contributed by atoms with Crippen LogP contribution in [0.4, 0.5) is 5.69 Å². The van der Waals surface area contributed by atoms with Crippen LogP contribution < -0.4 is 10.1 Å². The van der Waals surface area contributed by atoms with E-state index in [2.05, 4.69) is 32.9 Å². The Balaban J connectivity index is 1.44. The third-order valence-electron chi connectivity index (χ3n) is 5.39. The Kier molecular flexibility index (Phi) is 4.96. The Morgan fingerprint density at radius 1 is 1.13 bits per heavy atom. The molecule has 6 heteroatoms. The number of carbonyl (C=O) groups is 1. The molecule has 1 aromatic carbocycles. The van der Waals surface area contributed by atoms with E-state index in [1.54, 1.807) is 0 Å². The number of nitrogens with zero attached hydrogens (tertiary/aromatic N) is 2. The van der Waals surface area contributed by atoms with Gasteiger partial charge < -0.3 is 15.0 Å². The van der Waals surface area contributed by atoms with Gasteiger partial charge in [-0.05, 0) is 54.7 Å². The zero-order valence-electron chi connectivity index (χ0n) is 17.0. The summed E-state index contributed by atoms with van der Waals surface area (Å²) in [7, 11) is 0. The Labute approximate surface area is 180 Å². The smallest absolute Gasteiger partial charge is 0.247 e. The van der Waals surface area contributed by atoms with E-state index in [4.69, 9.17) is 4.74 Å². The first kappa shape index (κ1) is 19.1. The first-order chi connectivity index (χ1) is 15.2. The minimum Gasteiger partial charge on any atom is -0.477 e. The number of rotatable bonds is 7. The van der Waals surface area contributed by atoms with Crippen molar-refractivity contribution in [1.82, 2.24) is 15.0 Å². The van der Waals surface area contributed by atoms with Gasteiger partial charge in [-0.25, -0.2) is 9.97 Å². The van der Waals surface area contributed by atoms with Gasteiger partial charge in [-0.1, -0.05) is 18.7 Å². The molecule has 0 radical (unpaired) electrons. The van der Waals surface area contributed by atoms with Crippen molar-refractivity contribution in [3.8, 4) is 28.1 Å². The normalized spacial score (nSPS) is 13.2. The highest BCUT2D eigenvalue weighted by Crippen LogP contribution is 2.32. The van der Waals surface area contributed by atoms with Crippen LogP contribution in [0.3, 0.4) is 0 Å². The molecule has 0 aliphatic heterocycles. The molecule has 1 amide bonds. The third kappa shape index (κ3) is 4.19. The molecule has 0 spiro atoms. The molecule has 2 N–H and O–H groups in total. The van der Waals surface area contributed by atoms with Crippen LogP contribution in [0, 0.1) is 5.92 Å². The average molecular weight is 410 g/mol. The Morgan fingerprint density at radius 2 is 2.00 bits per heavy atom. The third-order valence-corrected chi connectivity index (χ3v) is 5.39. The monoisotopic (exact) mass is 410 g/mol. The summed E-state index contributed by atoms with van der Waals surface area (Å²) in [6.07, 6.45) is 9.37. The fourth-order valence-corrected chi connectivity index (χ4v) is 3.48. The van der Waals surface area contributed by atoms with Crippen molar-refractivity contribution in [3.05, 3.63) is 73.7 Å². The topological polar surface area (TPSA) is 79.9 Å². The summed E-state index contributed by atoms with van der Waals surface area (Å²) in [6.45, 7) is 4.24. The van der Waals surface area contributed by atoms with Gasteiger partial charge in [-0.3, -0.25) is 4.79 Å². The quantitative estimate of drug-likeness (QED) is 0.410. The van der Waals surface area contributed by atoms with Gasteiger partial charge in [0.1, 0.15) is 5.65 Å². The average Bonchev–Trinajstić information content (AvgIpc) is 3.55. The molecule has 3 heterocycles. The summed E-state index contributed by atoms with van der Waals surface area (Å²) in [5.41, 5.74) is 5.47. The van der Waals surface area contributed by atoms with Gasteiger partial charge in [0.15, 0.2) is 0 Å². The SMILES string of the molecule is C=CC(=O)Nc1cccc(-c2cnc3[nH]cc(-c4ccc(OCC5CC5)nc4)c3c2)c1. The zero-order valence-corrected chi connectivity index (χ0v) is 17.0. The molecule has 1 aliphatic rings. The van der Waals surface area contributed by atoms with Crippen molar-refractivity contribution < 1.29 is 9.53 Å². The number of anilines is 1. The van der Waals surface area contributed by atoms with Crippen molar-refractivity contribution in [3.63, 3.8) is 0 Å². The van der Waals surface area contributed by atoms with Gasteiger partial charge in [0.05, 0.1) is 6.61 Å². The maximum absolute atomic E-state index is 11.6. The molecule has 0 atom stereocenters. The lowest BCUT2D eigenvalue weighted by molar-refractivity contribution is -0.111. The minimum absolute atomic E-state index is 0.240. The standard InChI is InChI=1S/C25H22N4O2/c1-2-23(30)29-20-5-3-4-17(10-20)19-11-21-22(14-28-25(21)27-13-19)18-8-9-24(26-12-18)31-15-16-6-7-16/h2-5,8-14,16H,1,6-7,15H2,(H,27,28)(H,29,30). The van der Waals surface area contributed by atoms with Gasteiger partial charge >= 0.3 is 0 Å². The van der Waals surface area contributed by atoms with Crippen LogP contribution in [-0.2, 0) is 4.79 Å². The summed E-state index contributed by atoms with van der Waals surface area (Å²) in [5.74, 6) is 1.12. The number of fused-ring (bicyclic) bond motifs is 1. The lowest BCUT2D eigenvalue weighted by atomic mass is 10.0. The van der Waals surface area contributed by atoms with E-state index in [1.165, 1.54) is 18.9 Å². The molecule has 1 saturated carbocycles. The molecular formula is C25H22N4O2. The number of benzene rings is 1. The summed E-state index contributed by atoms with van der Waals surface area (Å²) in [5, 5.41) is 3.80. The Bertz CT molecular complexity index is 1260. The molecule has 0 unspecified atom stereocenters. The maximum atomic E-state index is 11.6. The van der Waals surface area contributed by atoms with Crippen molar-refractivity contribution in [2.75, 3.05) is 11.9 Å². The van der Waals surface area contributed by atoms with Crippen LogP contribution in [0.1, 0.15) is 12.8 Å². The van der Waals surface area contributed by atoms with Gasteiger partial charge in [0.2, 0.25) is 11.8 Å². The predicted molar refractivity (Wildman–Crippen MR) is 122 cm³/mol. The van der Waals surface area contributed by atoms with Crippen LogP contribution in [0.25, 0.3) is 33.3 Å². The number of pyridine rings is 2. The van der Waals surface area contributed by atoms with Crippen molar-refractivity contribution in [2.45, 2.75) is 12.8 Å². The molecule has 3 aromatic heterocycles. The molecule has 0 bridgehead atoms. The summed E-state index contributed by atoms with van der Waals surface area (Å²) in [6, 6.07) is 13.7. The van der Waals surface area contributed by atoms with E-state index in [9.17, 15) is 4.79 Å². The summed E-state index contributed by atoms with van der Waals surface area (Å²) in [4.78, 5) is 23.9. The number of amides is 1. The van der Waals surface area contributed by atoms with E-state index < -0.39 is 0 Å². The van der Waals surface area contributed by atoms with Gasteiger partial charge in [0, 0.05) is 52.4 Å². The van der Waals surface area contributed by atoms with Crippen LogP contribution in [0.5, 0.6) is 5.88 Å². The highest BCUT2D eigenvalue weighted by Gasteiger charge is 2.22. The Hall–Kier alpha value is -3.93. The lowest BCUT2D eigenvalue weighted by Gasteiger charge is -2.07. The molecule has 5 rings (SSSR count). The van der Waals surface area contributed by atoms with Crippen LogP contribution in [-0.4, -0.2) is 27.5 Å². The number of H-pyrrole nitrogens is 1. The molecule has 6 nitrogen and oxygen atoms in total. The number of carbonyl (C=O) groups excluding carboxylic acids is 1. The van der Waals surface area contributed by atoms with E-state index >= 15 is 0 Å². The van der Waals surface area contributed by atoms with Gasteiger partial charge in [-0.15, -0.1) is 0 Å². The van der Waals surface area contributed by atoms with Crippen molar-refractivity contribution >= 4 is 22.6 Å². The van der Waals surface area contributed by atoms with Crippen LogP contribution >= 0.6 is 0 Å². The number of nitrogens with one attached hydrogen (secondary N) is 2. The molecule has 4 aromatic rings. The number of hydrogen-bond donors (Lipinski definition) is 2. The van der Waals surface area contributed by atoms with E-state index in [0.29, 0.717) is 17.5 Å². The summed E-state index contributed by atoms with van der Waals surface area (Å²) < 4.78 is 5.75. The van der Waals surface area contributed by atoms with E-state index in [-0.39, 0.29) is 5.91 Å². The number of aromatic amines is 1. The molecule has 1 fully saturated rings. The molecule has 1 aliphatic carbocycles. The lowest BCUT2D eigenvalue weighted by Crippen LogP contribution is -2.06. The second-order valence-electron chi connectivity index (χ2n) is 7.74. The van der Waals surface area contributed by atoms with Crippen LogP contribution in [0.15, 0.2) is 73.7 Å². The van der Waals surface area contributed by atoms with Crippen molar-refractivity contribution in [1.29, 1.82) is 0 Å².